The standard InChI is InChI=1S/C14H18N2O3/c1-3-13(17)16-7-4-11(5-8-16)15-14(18)12-6-9-19-10(12)2/h3,6,9,11H,1,4-5,7-8H2,2H3,(H,15,18). The Labute approximate surface area is 112 Å². The normalized spacial score (nSPS) is 16.2. The Balaban J connectivity index is 1.86. The summed E-state index contributed by atoms with van der Waals surface area (Å²) in [6.07, 6.45) is 4.37. The molecule has 102 valence electrons. The first-order valence-corrected chi connectivity index (χ1v) is 6.38. The number of hydrogen-bond acceptors (Lipinski definition) is 3. The largest absolute Gasteiger partial charge is 0.469 e. The molecule has 1 saturated heterocycles. The third-order valence-corrected chi connectivity index (χ3v) is 3.42. The van der Waals surface area contributed by atoms with Crippen molar-refractivity contribution in [1.82, 2.24) is 10.2 Å². The van der Waals surface area contributed by atoms with Crippen LogP contribution in [0.15, 0.2) is 29.4 Å². The van der Waals surface area contributed by atoms with Crippen molar-refractivity contribution in [1.29, 1.82) is 0 Å². The van der Waals surface area contributed by atoms with Crippen LogP contribution < -0.4 is 5.32 Å². The molecule has 19 heavy (non-hydrogen) atoms. The minimum Gasteiger partial charge on any atom is -0.469 e. The van der Waals surface area contributed by atoms with Gasteiger partial charge in [-0.15, -0.1) is 0 Å². The van der Waals surface area contributed by atoms with E-state index in [1.165, 1.54) is 12.3 Å². The topological polar surface area (TPSA) is 62.6 Å². The van der Waals surface area contributed by atoms with Gasteiger partial charge in [0.2, 0.25) is 5.91 Å². The van der Waals surface area contributed by atoms with Gasteiger partial charge in [0.1, 0.15) is 5.76 Å². The number of hydrogen-bond donors (Lipinski definition) is 1. The van der Waals surface area contributed by atoms with Crippen molar-refractivity contribution in [3.05, 3.63) is 36.3 Å². The molecule has 1 aliphatic heterocycles. The second kappa shape index (κ2) is 5.73. The van der Waals surface area contributed by atoms with Crippen LogP contribution in [0, 0.1) is 6.92 Å². The van der Waals surface area contributed by atoms with E-state index in [9.17, 15) is 9.59 Å². The maximum Gasteiger partial charge on any atom is 0.255 e. The highest BCUT2D eigenvalue weighted by atomic mass is 16.3. The van der Waals surface area contributed by atoms with Crippen LogP contribution in [0.3, 0.4) is 0 Å². The molecule has 0 radical (unpaired) electrons. The van der Waals surface area contributed by atoms with Gasteiger partial charge in [-0.05, 0) is 31.9 Å². The van der Waals surface area contributed by atoms with Crippen LogP contribution in [0.1, 0.15) is 29.0 Å². The molecule has 2 rings (SSSR count). The first kappa shape index (κ1) is 13.4. The Morgan fingerprint density at radius 1 is 1.47 bits per heavy atom. The van der Waals surface area contributed by atoms with Crippen molar-refractivity contribution in [2.45, 2.75) is 25.8 Å². The molecule has 5 nitrogen and oxygen atoms in total. The lowest BCUT2D eigenvalue weighted by Crippen LogP contribution is -2.46. The first-order chi connectivity index (χ1) is 9.11. The van der Waals surface area contributed by atoms with E-state index >= 15 is 0 Å². The molecule has 0 spiro atoms. The summed E-state index contributed by atoms with van der Waals surface area (Å²) in [4.78, 5) is 25.2. The summed E-state index contributed by atoms with van der Waals surface area (Å²) >= 11 is 0. The van der Waals surface area contributed by atoms with Gasteiger partial charge in [0.25, 0.3) is 5.91 Å². The summed E-state index contributed by atoms with van der Waals surface area (Å²) in [6, 6.07) is 1.77. The van der Waals surface area contributed by atoms with E-state index < -0.39 is 0 Å². The number of amides is 2. The number of nitrogens with zero attached hydrogens (tertiary/aromatic N) is 1. The van der Waals surface area contributed by atoms with E-state index in [0.717, 1.165) is 12.8 Å². The summed E-state index contributed by atoms with van der Waals surface area (Å²) in [7, 11) is 0. The van der Waals surface area contributed by atoms with Crippen LogP contribution >= 0.6 is 0 Å². The molecule has 0 saturated carbocycles. The van der Waals surface area contributed by atoms with Gasteiger partial charge >= 0.3 is 0 Å². The van der Waals surface area contributed by atoms with E-state index in [1.807, 2.05) is 0 Å². The third-order valence-electron chi connectivity index (χ3n) is 3.42. The molecule has 1 aromatic heterocycles. The average Bonchev–Trinajstić information content (AvgIpc) is 2.85. The zero-order chi connectivity index (χ0) is 13.8. The molecule has 1 N–H and O–H groups in total. The Hall–Kier alpha value is -2.04. The van der Waals surface area contributed by atoms with Crippen molar-refractivity contribution in [3.8, 4) is 0 Å². The van der Waals surface area contributed by atoms with E-state index in [0.29, 0.717) is 24.4 Å². The second-order valence-electron chi connectivity index (χ2n) is 4.67. The predicted molar refractivity (Wildman–Crippen MR) is 70.7 cm³/mol. The fraction of sp³-hybridized carbons (Fsp3) is 0.429. The highest BCUT2D eigenvalue weighted by Gasteiger charge is 2.23. The maximum atomic E-state index is 12.0. The third kappa shape index (κ3) is 3.05. The molecule has 1 aliphatic rings. The molecule has 0 unspecified atom stereocenters. The Morgan fingerprint density at radius 2 is 2.16 bits per heavy atom. The van der Waals surface area contributed by atoms with Crippen LogP contribution in [0.2, 0.25) is 0 Å². The quantitative estimate of drug-likeness (QED) is 0.840. The Kier molecular flexibility index (Phi) is 4.04. The van der Waals surface area contributed by atoms with E-state index in [1.54, 1.807) is 17.9 Å². The van der Waals surface area contributed by atoms with Crippen molar-refractivity contribution in [3.63, 3.8) is 0 Å². The van der Waals surface area contributed by atoms with E-state index in [2.05, 4.69) is 11.9 Å². The van der Waals surface area contributed by atoms with Gasteiger partial charge in [-0.1, -0.05) is 6.58 Å². The molecule has 5 heteroatoms. The molecule has 1 fully saturated rings. The lowest BCUT2D eigenvalue weighted by atomic mass is 10.0. The molecular weight excluding hydrogens is 244 g/mol. The van der Waals surface area contributed by atoms with Crippen LogP contribution in [-0.2, 0) is 4.79 Å². The monoisotopic (exact) mass is 262 g/mol. The predicted octanol–water partition coefficient (Wildman–Crippen LogP) is 1.49. The van der Waals surface area contributed by atoms with Crippen LogP contribution in [0.25, 0.3) is 0 Å². The molecule has 0 bridgehead atoms. The molecule has 2 amide bonds. The van der Waals surface area contributed by atoms with Crippen LogP contribution in [0.4, 0.5) is 0 Å². The van der Waals surface area contributed by atoms with Crippen molar-refractivity contribution in [2.24, 2.45) is 0 Å². The van der Waals surface area contributed by atoms with Gasteiger partial charge in [-0.2, -0.15) is 0 Å². The number of aryl methyl sites for hydroxylation is 1. The SMILES string of the molecule is C=CC(=O)N1CCC(NC(=O)c2ccoc2C)CC1. The van der Waals surface area contributed by atoms with Gasteiger partial charge in [-0.3, -0.25) is 9.59 Å². The second-order valence-corrected chi connectivity index (χ2v) is 4.67. The summed E-state index contributed by atoms with van der Waals surface area (Å²) in [6.45, 7) is 6.55. The first-order valence-electron chi connectivity index (χ1n) is 6.38. The minimum atomic E-state index is -0.111. The van der Waals surface area contributed by atoms with Gasteiger partial charge in [0.15, 0.2) is 0 Å². The number of piperidine rings is 1. The maximum absolute atomic E-state index is 12.0. The summed E-state index contributed by atoms with van der Waals surface area (Å²) < 4.78 is 5.11. The number of likely N-dealkylation sites (tertiary alicyclic amines) is 1. The number of carbonyl (C=O) groups excluding carboxylic acids is 2. The molecule has 0 aliphatic carbocycles. The summed E-state index contributed by atoms with van der Waals surface area (Å²) in [5.41, 5.74) is 0.574. The van der Waals surface area contributed by atoms with E-state index in [4.69, 9.17) is 4.42 Å². The molecular formula is C14H18N2O3. The average molecular weight is 262 g/mol. The van der Waals surface area contributed by atoms with Gasteiger partial charge in [0, 0.05) is 19.1 Å². The molecule has 1 aromatic rings. The number of nitrogens with one attached hydrogen (secondary N) is 1. The Morgan fingerprint density at radius 3 is 2.68 bits per heavy atom. The van der Waals surface area contributed by atoms with Gasteiger partial charge < -0.3 is 14.6 Å². The fourth-order valence-electron chi connectivity index (χ4n) is 2.26. The zero-order valence-corrected chi connectivity index (χ0v) is 11.0. The fourth-order valence-corrected chi connectivity index (χ4v) is 2.26. The lowest BCUT2D eigenvalue weighted by Gasteiger charge is -2.31. The molecule has 0 aromatic carbocycles. The molecule has 0 atom stereocenters. The van der Waals surface area contributed by atoms with Crippen molar-refractivity contribution >= 4 is 11.8 Å². The number of furan rings is 1. The van der Waals surface area contributed by atoms with Crippen molar-refractivity contribution < 1.29 is 14.0 Å². The summed E-state index contributed by atoms with van der Waals surface area (Å²) in [5, 5.41) is 2.98. The zero-order valence-electron chi connectivity index (χ0n) is 11.0. The number of carbonyl (C=O) groups is 2. The highest BCUT2D eigenvalue weighted by molar-refractivity contribution is 5.95. The highest BCUT2D eigenvalue weighted by Crippen LogP contribution is 2.13. The number of rotatable bonds is 3. The van der Waals surface area contributed by atoms with Crippen LogP contribution in [-0.4, -0.2) is 35.8 Å². The van der Waals surface area contributed by atoms with Gasteiger partial charge in [-0.25, -0.2) is 0 Å². The lowest BCUT2D eigenvalue weighted by molar-refractivity contribution is -0.127. The smallest absolute Gasteiger partial charge is 0.255 e. The van der Waals surface area contributed by atoms with Gasteiger partial charge in [0.05, 0.1) is 11.8 Å². The van der Waals surface area contributed by atoms with Crippen LogP contribution in [0.5, 0.6) is 0 Å². The minimum absolute atomic E-state index is 0.0459. The van der Waals surface area contributed by atoms with E-state index in [-0.39, 0.29) is 17.9 Å². The molecule has 2 heterocycles. The Bertz CT molecular complexity index is 485. The summed E-state index contributed by atoms with van der Waals surface area (Å²) in [5.74, 6) is 0.465. The van der Waals surface area contributed by atoms with Crippen molar-refractivity contribution in [2.75, 3.05) is 13.1 Å².